The SMILES string of the molecule is CNC(C)c1ccc(NC(=O)Cc2ccccc2O)cc1. The van der Waals surface area contributed by atoms with Crippen LogP contribution in [-0.4, -0.2) is 18.1 Å². The molecule has 0 aliphatic carbocycles. The lowest BCUT2D eigenvalue weighted by atomic mass is 10.1. The normalized spacial score (nSPS) is 11.9. The molecule has 1 atom stereocenters. The van der Waals surface area contributed by atoms with Crippen LogP contribution in [0.3, 0.4) is 0 Å². The second-order valence-corrected chi connectivity index (χ2v) is 4.99. The van der Waals surface area contributed by atoms with E-state index in [0.717, 1.165) is 11.3 Å². The number of aromatic hydroxyl groups is 1. The number of phenols is 1. The maximum Gasteiger partial charge on any atom is 0.228 e. The molecule has 0 spiro atoms. The molecule has 4 nitrogen and oxygen atoms in total. The van der Waals surface area contributed by atoms with Crippen molar-refractivity contribution in [1.29, 1.82) is 0 Å². The van der Waals surface area contributed by atoms with Crippen molar-refractivity contribution in [3.63, 3.8) is 0 Å². The van der Waals surface area contributed by atoms with Gasteiger partial charge in [-0.25, -0.2) is 0 Å². The lowest BCUT2D eigenvalue weighted by molar-refractivity contribution is -0.115. The van der Waals surface area contributed by atoms with E-state index in [9.17, 15) is 9.90 Å². The highest BCUT2D eigenvalue weighted by Crippen LogP contribution is 2.18. The van der Waals surface area contributed by atoms with Crippen molar-refractivity contribution in [1.82, 2.24) is 5.32 Å². The Labute approximate surface area is 124 Å². The highest BCUT2D eigenvalue weighted by atomic mass is 16.3. The zero-order valence-corrected chi connectivity index (χ0v) is 12.3. The fourth-order valence-corrected chi connectivity index (χ4v) is 2.06. The first-order valence-corrected chi connectivity index (χ1v) is 6.94. The van der Waals surface area contributed by atoms with E-state index < -0.39 is 0 Å². The maximum atomic E-state index is 12.0. The van der Waals surface area contributed by atoms with Crippen LogP contribution in [-0.2, 0) is 11.2 Å². The monoisotopic (exact) mass is 284 g/mol. The van der Waals surface area contributed by atoms with Crippen LogP contribution in [0.4, 0.5) is 5.69 Å². The van der Waals surface area contributed by atoms with E-state index in [-0.39, 0.29) is 24.1 Å². The van der Waals surface area contributed by atoms with E-state index in [0.29, 0.717) is 5.56 Å². The number of para-hydroxylation sites is 1. The Bertz CT molecular complexity index is 608. The van der Waals surface area contributed by atoms with Crippen molar-refractivity contribution >= 4 is 11.6 Å². The Kier molecular flexibility index (Phi) is 4.95. The molecule has 0 radical (unpaired) electrons. The average Bonchev–Trinajstić information content (AvgIpc) is 2.49. The van der Waals surface area contributed by atoms with Gasteiger partial charge in [0.05, 0.1) is 6.42 Å². The molecule has 1 amide bonds. The molecule has 21 heavy (non-hydrogen) atoms. The Balaban J connectivity index is 1.98. The zero-order valence-electron chi connectivity index (χ0n) is 12.3. The van der Waals surface area contributed by atoms with Gasteiger partial charge in [0.15, 0.2) is 0 Å². The van der Waals surface area contributed by atoms with Gasteiger partial charge in [0.2, 0.25) is 5.91 Å². The van der Waals surface area contributed by atoms with Gasteiger partial charge >= 0.3 is 0 Å². The fraction of sp³-hybridized carbons (Fsp3) is 0.235. The minimum atomic E-state index is -0.147. The molecule has 0 aliphatic rings. The van der Waals surface area contributed by atoms with Gasteiger partial charge < -0.3 is 15.7 Å². The smallest absolute Gasteiger partial charge is 0.228 e. The van der Waals surface area contributed by atoms with E-state index in [1.54, 1.807) is 24.3 Å². The molecular formula is C17H20N2O2. The Morgan fingerprint density at radius 3 is 2.43 bits per heavy atom. The third kappa shape index (κ3) is 4.07. The van der Waals surface area contributed by atoms with Gasteiger partial charge in [-0.15, -0.1) is 0 Å². The van der Waals surface area contributed by atoms with Crippen LogP contribution in [0.5, 0.6) is 5.75 Å². The van der Waals surface area contributed by atoms with Gasteiger partial charge in [-0.05, 0) is 37.7 Å². The summed E-state index contributed by atoms with van der Waals surface area (Å²) in [6.45, 7) is 2.08. The maximum absolute atomic E-state index is 12.0. The molecule has 0 saturated heterocycles. The number of benzene rings is 2. The molecule has 0 saturated carbocycles. The molecule has 0 aliphatic heterocycles. The van der Waals surface area contributed by atoms with Crippen molar-refractivity contribution in [2.45, 2.75) is 19.4 Å². The molecule has 0 aromatic heterocycles. The first-order valence-electron chi connectivity index (χ1n) is 6.94. The number of carbonyl (C=O) groups is 1. The minimum Gasteiger partial charge on any atom is -0.508 e. The largest absolute Gasteiger partial charge is 0.508 e. The van der Waals surface area contributed by atoms with Crippen LogP contribution in [0.25, 0.3) is 0 Å². The lowest BCUT2D eigenvalue weighted by Crippen LogP contribution is -2.15. The second kappa shape index (κ2) is 6.90. The van der Waals surface area contributed by atoms with Crippen LogP contribution in [0.1, 0.15) is 24.1 Å². The fourth-order valence-electron chi connectivity index (χ4n) is 2.06. The van der Waals surface area contributed by atoms with Crippen molar-refractivity contribution < 1.29 is 9.90 Å². The number of amides is 1. The Morgan fingerprint density at radius 2 is 1.81 bits per heavy atom. The zero-order chi connectivity index (χ0) is 15.2. The number of hydrogen-bond donors (Lipinski definition) is 3. The summed E-state index contributed by atoms with van der Waals surface area (Å²) in [5.74, 6) is -0.00300. The standard InChI is InChI=1S/C17H20N2O2/c1-12(18-2)13-7-9-15(10-8-13)19-17(21)11-14-5-3-4-6-16(14)20/h3-10,12,18,20H,11H2,1-2H3,(H,19,21). The summed E-state index contributed by atoms with van der Waals surface area (Å²) < 4.78 is 0. The topological polar surface area (TPSA) is 61.4 Å². The van der Waals surface area contributed by atoms with Crippen LogP contribution >= 0.6 is 0 Å². The van der Waals surface area contributed by atoms with Crippen LogP contribution in [0, 0.1) is 0 Å². The van der Waals surface area contributed by atoms with Gasteiger partial charge in [-0.2, -0.15) is 0 Å². The Morgan fingerprint density at radius 1 is 1.14 bits per heavy atom. The number of nitrogens with one attached hydrogen (secondary N) is 2. The van der Waals surface area contributed by atoms with Crippen molar-refractivity contribution in [2.75, 3.05) is 12.4 Å². The molecule has 0 heterocycles. The summed E-state index contributed by atoms with van der Waals surface area (Å²) in [5, 5.41) is 15.7. The van der Waals surface area contributed by atoms with Crippen molar-refractivity contribution in [2.24, 2.45) is 0 Å². The lowest BCUT2D eigenvalue weighted by Gasteiger charge is -2.12. The van der Waals surface area contributed by atoms with Crippen molar-refractivity contribution in [3.05, 3.63) is 59.7 Å². The van der Waals surface area contributed by atoms with Gasteiger partial charge in [-0.1, -0.05) is 30.3 Å². The summed E-state index contributed by atoms with van der Waals surface area (Å²) in [6.07, 6.45) is 0.154. The molecule has 4 heteroatoms. The van der Waals surface area contributed by atoms with Gasteiger partial charge in [-0.3, -0.25) is 4.79 Å². The number of anilines is 1. The molecule has 2 aromatic rings. The average molecular weight is 284 g/mol. The molecule has 110 valence electrons. The highest BCUT2D eigenvalue weighted by Gasteiger charge is 2.08. The summed E-state index contributed by atoms with van der Waals surface area (Å²) >= 11 is 0. The summed E-state index contributed by atoms with van der Waals surface area (Å²) in [6, 6.07) is 14.9. The van der Waals surface area contributed by atoms with E-state index in [1.807, 2.05) is 31.3 Å². The van der Waals surface area contributed by atoms with E-state index >= 15 is 0 Å². The van der Waals surface area contributed by atoms with Crippen LogP contribution in [0.15, 0.2) is 48.5 Å². The molecule has 0 bridgehead atoms. The number of phenolic OH excluding ortho intramolecular Hbond substituents is 1. The van der Waals surface area contributed by atoms with Gasteiger partial charge in [0.1, 0.15) is 5.75 Å². The van der Waals surface area contributed by atoms with Crippen molar-refractivity contribution in [3.8, 4) is 5.75 Å². The molecule has 1 unspecified atom stereocenters. The molecule has 2 aromatic carbocycles. The number of hydrogen-bond acceptors (Lipinski definition) is 3. The number of rotatable bonds is 5. The van der Waals surface area contributed by atoms with Gasteiger partial charge in [0.25, 0.3) is 0 Å². The third-order valence-corrected chi connectivity index (χ3v) is 3.47. The molecular weight excluding hydrogens is 264 g/mol. The van der Waals surface area contributed by atoms with Crippen LogP contribution in [0.2, 0.25) is 0 Å². The Hall–Kier alpha value is -2.33. The molecule has 3 N–H and O–H groups in total. The first-order chi connectivity index (χ1) is 10.1. The highest BCUT2D eigenvalue weighted by molar-refractivity contribution is 5.92. The number of carbonyl (C=O) groups excluding carboxylic acids is 1. The minimum absolute atomic E-state index is 0.144. The summed E-state index contributed by atoms with van der Waals surface area (Å²) in [7, 11) is 1.91. The predicted octanol–water partition coefficient (Wildman–Crippen LogP) is 2.85. The van der Waals surface area contributed by atoms with E-state index in [1.165, 1.54) is 0 Å². The summed E-state index contributed by atoms with van der Waals surface area (Å²) in [5.41, 5.74) is 2.54. The van der Waals surface area contributed by atoms with Gasteiger partial charge in [0, 0.05) is 17.3 Å². The van der Waals surface area contributed by atoms with Crippen LogP contribution < -0.4 is 10.6 Å². The molecule has 2 rings (SSSR count). The summed E-state index contributed by atoms with van der Waals surface area (Å²) in [4.78, 5) is 12.0. The quantitative estimate of drug-likeness (QED) is 0.791. The predicted molar refractivity (Wildman–Crippen MR) is 84.4 cm³/mol. The van der Waals surface area contributed by atoms with E-state index in [4.69, 9.17) is 0 Å². The third-order valence-electron chi connectivity index (χ3n) is 3.47. The molecule has 0 fully saturated rings. The second-order valence-electron chi connectivity index (χ2n) is 4.99. The van der Waals surface area contributed by atoms with E-state index in [2.05, 4.69) is 17.6 Å². The first kappa shape index (κ1) is 15.1.